The van der Waals surface area contributed by atoms with Crippen LogP contribution in [0.25, 0.3) is 22.0 Å². The maximum Gasteiger partial charge on any atom is 0.164 e. The van der Waals surface area contributed by atoms with Crippen LogP contribution in [0.3, 0.4) is 0 Å². The van der Waals surface area contributed by atoms with E-state index < -0.39 is 0 Å². The van der Waals surface area contributed by atoms with Crippen LogP contribution in [0, 0.1) is 30.7 Å². The molecule has 0 saturated heterocycles. The second-order valence-electron chi connectivity index (χ2n) is 13.0. The quantitative estimate of drug-likeness (QED) is 0.120. The molecule has 0 aliphatic carbocycles. The Morgan fingerprint density at radius 3 is 1.98 bits per heavy atom. The molecule has 0 bridgehead atoms. The Morgan fingerprint density at radius 2 is 1.49 bits per heavy atom. The zero-order valence-corrected chi connectivity index (χ0v) is 31.3. The predicted molar refractivity (Wildman–Crippen MR) is 181 cm³/mol. The number of aliphatic hydroxyl groups is 1. The minimum absolute atomic E-state index is 0. The maximum absolute atomic E-state index is 12.2. The van der Waals surface area contributed by atoms with E-state index in [0.29, 0.717) is 11.8 Å². The number of carbonyl (C=O) groups excluding carboxylic acids is 1. The Morgan fingerprint density at radius 1 is 0.907 bits per heavy atom. The topological polar surface area (TPSA) is 50.2 Å². The van der Waals surface area contributed by atoms with Crippen molar-refractivity contribution >= 4 is 16.6 Å². The fourth-order valence-corrected chi connectivity index (χ4v) is 5.32. The van der Waals surface area contributed by atoms with E-state index in [4.69, 9.17) is 4.98 Å². The van der Waals surface area contributed by atoms with Gasteiger partial charge in [-0.1, -0.05) is 95.2 Å². The molecule has 1 unspecified atom stereocenters. The van der Waals surface area contributed by atoms with Crippen molar-refractivity contribution in [2.24, 2.45) is 10.8 Å². The minimum atomic E-state index is -0.337. The number of hydrogen-bond acceptors (Lipinski definition) is 3. The van der Waals surface area contributed by atoms with E-state index >= 15 is 0 Å². The molecule has 3 aromatic rings. The SMILES string of the molecule is CCC(C)(CC)C(=O)/C=C(\O)C(C)(CC)CC.CCC(C)c1cc2ccnc(-c3[c-]c(C)cc(C)c3)c2cc1C(C)C.[Ir]. The summed E-state index contributed by atoms with van der Waals surface area (Å²) in [6.45, 7) is 25.5. The third kappa shape index (κ3) is 9.35. The average Bonchev–Trinajstić information content (AvgIpc) is 2.98. The number of carbonyl (C=O) groups is 1. The monoisotopic (exact) mass is 763 g/mol. The standard InChI is InChI=1S/C24H28N.C15H28O2.Ir/c1-7-18(6)22-13-19-8-9-25-24(23(19)14-21(22)15(2)3)20-11-16(4)10-17(5)12-20;1-7-14(5,8-2)12(16)11-13(17)15(6,9-3)10-4;/h8-11,13-15,18H,7H2,1-6H3;11,16H,7-10H2,1-6H3;/q-1;;/b;12-11-;. The molecule has 3 rings (SSSR count). The molecule has 4 heteroatoms. The Bertz CT molecular complexity index is 1360. The van der Waals surface area contributed by atoms with Crippen LogP contribution >= 0.6 is 0 Å². The molecule has 0 aliphatic heterocycles. The molecule has 1 aromatic heterocycles. The summed E-state index contributed by atoms with van der Waals surface area (Å²) in [6, 6.07) is 14.7. The Hall–Kier alpha value is -2.29. The van der Waals surface area contributed by atoms with Crippen molar-refractivity contribution < 1.29 is 30.0 Å². The van der Waals surface area contributed by atoms with E-state index in [1.807, 2.05) is 47.7 Å². The number of benzene rings is 2. The molecule has 1 atom stereocenters. The number of ketones is 1. The summed E-state index contributed by atoms with van der Waals surface area (Å²) in [4.78, 5) is 16.9. The van der Waals surface area contributed by atoms with Crippen LogP contribution in [0.5, 0.6) is 0 Å². The van der Waals surface area contributed by atoms with Crippen LogP contribution < -0.4 is 0 Å². The Kier molecular flexibility index (Phi) is 15.0. The third-order valence-electron chi connectivity index (χ3n) is 9.74. The number of aromatic nitrogens is 1. The van der Waals surface area contributed by atoms with Crippen LogP contribution in [-0.2, 0) is 24.9 Å². The van der Waals surface area contributed by atoms with Gasteiger partial charge in [0, 0.05) is 43.2 Å². The summed E-state index contributed by atoms with van der Waals surface area (Å²) in [5.41, 5.74) is 6.87. The molecule has 0 fully saturated rings. The summed E-state index contributed by atoms with van der Waals surface area (Å²) < 4.78 is 0. The van der Waals surface area contributed by atoms with Gasteiger partial charge in [0.05, 0.1) is 0 Å². The fourth-order valence-electron chi connectivity index (χ4n) is 5.32. The minimum Gasteiger partial charge on any atom is -0.512 e. The van der Waals surface area contributed by atoms with Gasteiger partial charge in [-0.25, -0.2) is 0 Å². The number of aryl methyl sites for hydroxylation is 2. The summed E-state index contributed by atoms with van der Waals surface area (Å²) >= 11 is 0. The summed E-state index contributed by atoms with van der Waals surface area (Å²) in [5, 5.41) is 12.6. The van der Waals surface area contributed by atoms with E-state index in [9.17, 15) is 9.90 Å². The van der Waals surface area contributed by atoms with Crippen molar-refractivity contribution in [2.75, 3.05) is 0 Å². The van der Waals surface area contributed by atoms with Gasteiger partial charge in [-0.05, 0) is 77.6 Å². The van der Waals surface area contributed by atoms with Gasteiger partial charge in [0.1, 0.15) is 5.76 Å². The molecule has 1 N–H and O–H groups in total. The largest absolute Gasteiger partial charge is 0.512 e. The smallest absolute Gasteiger partial charge is 0.164 e. The Balaban J connectivity index is 0.000000455. The fraction of sp³-hybridized carbons (Fsp3) is 0.538. The molecule has 3 nitrogen and oxygen atoms in total. The van der Waals surface area contributed by atoms with Crippen molar-refractivity contribution in [3.05, 3.63) is 76.7 Å². The first-order valence-corrected chi connectivity index (χ1v) is 16.1. The van der Waals surface area contributed by atoms with Crippen LogP contribution in [-0.4, -0.2) is 15.9 Å². The molecule has 0 spiro atoms. The molecule has 2 aromatic carbocycles. The number of pyridine rings is 1. The number of rotatable bonds is 11. The molecule has 1 radical (unpaired) electrons. The van der Waals surface area contributed by atoms with Gasteiger partial charge in [-0.3, -0.25) is 4.79 Å². The zero-order valence-electron chi connectivity index (χ0n) is 28.9. The molecular formula is C39H56IrNO2-. The van der Waals surface area contributed by atoms with Gasteiger partial charge in [-0.2, -0.15) is 0 Å². The van der Waals surface area contributed by atoms with Crippen LogP contribution in [0.2, 0.25) is 0 Å². The van der Waals surface area contributed by atoms with Crippen LogP contribution in [0.1, 0.15) is 135 Å². The van der Waals surface area contributed by atoms with Crippen molar-refractivity contribution in [2.45, 2.75) is 127 Å². The second-order valence-corrected chi connectivity index (χ2v) is 13.0. The predicted octanol–water partition coefficient (Wildman–Crippen LogP) is 11.6. The van der Waals surface area contributed by atoms with E-state index in [1.165, 1.54) is 33.5 Å². The van der Waals surface area contributed by atoms with Crippen LogP contribution in [0.15, 0.2) is 48.4 Å². The summed E-state index contributed by atoms with van der Waals surface area (Å²) in [5.74, 6) is 1.37. The van der Waals surface area contributed by atoms with Crippen molar-refractivity contribution in [3.63, 3.8) is 0 Å². The molecule has 0 amide bonds. The first kappa shape index (κ1) is 38.7. The number of fused-ring (bicyclic) bond motifs is 1. The molecule has 239 valence electrons. The van der Waals surface area contributed by atoms with Crippen molar-refractivity contribution in [1.29, 1.82) is 0 Å². The number of allylic oxidation sites excluding steroid dienone is 2. The van der Waals surface area contributed by atoms with Gasteiger partial charge < -0.3 is 10.1 Å². The van der Waals surface area contributed by atoms with Crippen molar-refractivity contribution in [3.8, 4) is 11.3 Å². The number of aliphatic hydroxyl groups excluding tert-OH is 1. The molecule has 0 saturated carbocycles. The van der Waals surface area contributed by atoms with E-state index in [-0.39, 0.29) is 42.5 Å². The average molecular weight is 763 g/mol. The van der Waals surface area contributed by atoms with Gasteiger partial charge >= 0.3 is 0 Å². The number of nitrogens with zero attached hydrogens (tertiary/aromatic N) is 1. The molecule has 1 heterocycles. The van der Waals surface area contributed by atoms with Crippen molar-refractivity contribution in [1.82, 2.24) is 4.98 Å². The van der Waals surface area contributed by atoms with Gasteiger partial charge in [0.2, 0.25) is 0 Å². The second kappa shape index (κ2) is 16.7. The van der Waals surface area contributed by atoms with E-state index in [1.54, 1.807) is 0 Å². The first-order valence-electron chi connectivity index (χ1n) is 16.1. The van der Waals surface area contributed by atoms with Gasteiger partial charge in [0.15, 0.2) is 5.78 Å². The van der Waals surface area contributed by atoms with Gasteiger partial charge in [0.25, 0.3) is 0 Å². The third-order valence-corrected chi connectivity index (χ3v) is 9.74. The van der Waals surface area contributed by atoms with E-state index in [2.05, 4.69) is 77.9 Å². The number of hydrogen-bond donors (Lipinski definition) is 1. The molecular weight excluding hydrogens is 707 g/mol. The summed E-state index contributed by atoms with van der Waals surface area (Å²) in [6.07, 6.45) is 7.84. The molecule has 43 heavy (non-hydrogen) atoms. The normalized spacial score (nSPS) is 12.9. The summed E-state index contributed by atoms with van der Waals surface area (Å²) in [7, 11) is 0. The molecule has 0 aliphatic rings. The maximum atomic E-state index is 12.2. The van der Waals surface area contributed by atoms with Gasteiger partial charge in [-0.15, -0.1) is 34.9 Å². The first-order chi connectivity index (χ1) is 19.7. The van der Waals surface area contributed by atoms with E-state index in [0.717, 1.165) is 48.9 Å². The van der Waals surface area contributed by atoms with Crippen LogP contribution in [0.4, 0.5) is 0 Å². The Labute approximate surface area is 276 Å². The zero-order chi connectivity index (χ0) is 31.8.